The van der Waals surface area contributed by atoms with Crippen LogP contribution < -0.4 is 0 Å². The summed E-state index contributed by atoms with van der Waals surface area (Å²) in [5, 5.41) is 0. The van der Waals surface area contributed by atoms with Crippen molar-refractivity contribution < 1.29 is 9.32 Å². The molecule has 0 heterocycles. The van der Waals surface area contributed by atoms with E-state index in [1.165, 1.54) is 0 Å². The zero-order valence-electron chi connectivity index (χ0n) is 9.93. The number of halogens is 2. The Kier molecular flexibility index (Phi) is 5.89. The Morgan fingerprint density at radius 3 is 1.60 bits per heavy atom. The van der Waals surface area contributed by atoms with Crippen LogP contribution >= 0.6 is 30.0 Å². The van der Waals surface area contributed by atoms with Crippen LogP contribution in [-0.2, 0) is 9.32 Å². The van der Waals surface area contributed by atoms with Gasteiger partial charge in [-0.25, -0.2) is 0 Å². The summed E-state index contributed by atoms with van der Waals surface area (Å²) >= 11 is 11.1. The van der Waals surface area contributed by atoms with E-state index in [0.717, 1.165) is 24.6 Å². The molecule has 0 saturated carbocycles. The van der Waals surface area contributed by atoms with E-state index in [1.54, 1.807) is 0 Å². The van der Waals surface area contributed by atoms with Gasteiger partial charge in [-0.05, 0) is 0 Å². The van der Waals surface area contributed by atoms with Crippen molar-refractivity contribution in [2.45, 2.75) is 32.5 Å². The molecule has 0 N–H and O–H groups in total. The Balaban J connectivity index is 5.02. The van der Waals surface area contributed by atoms with Gasteiger partial charge in [-0.3, -0.25) is 0 Å². The van der Waals surface area contributed by atoms with Gasteiger partial charge in [0.15, 0.2) is 0 Å². The Morgan fingerprint density at radius 1 is 1.07 bits per heavy atom. The molecule has 0 bridgehead atoms. The molecule has 0 fully saturated rings. The first-order valence-electron chi connectivity index (χ1n) is 5.41. The predicted octanol–water partition coefficient (Wildman–Crippen LogP) is 3.88. The first-order chi connectivity index (χ1) is 6.88. The first kappa shape index (κ1) is 15.5. The average Bonchev–Trinajstić information content (AvgIpc) is 2.27. The summed E-state index contributed by atoms with van der Waals surface area (Å²) in [7, 11) is 0. The Labute approximate surface area is 103 Å². The molecule has 0 aliphatic heterocycles. The van der Waals surface area contributed by atoms with Gasteiger partial charge in [0.25, 0.3) is 0 Å². The second-order valence-corrected chi connectivity index (χ2v) is 11.4. The van der Waals surface area contributed by atoms with Crippen molar-refractivity contribution in [1.29, 1.82) is 0 Å². The number of rotatable bonds is 6. The summed E-state index contributed by atoms with van der Waals surface area (Å²) in [6.45, 7) is 5.97. The van der Waals surface area contributed by atoms with Crippen LogP contribution in [0.25, 0.3) is 0 Å². The van der Waals surface area contributed by atoms with Crippen molar-refractivity contribution in [3.05, 3.63) is 0 Å². The standard InChI is InChI=1S/C10H21Cl2O2P/c1-5-15(6-2,7-3,8-4)14-10(13)9(11)12/h9H,5-8H2,1-4H3. The second-order valence-electron chi connectivity index (χ2n) is 3.83. The van der Waals surface area contributed by atoms with E-state index in [9.17, 15) is 4.79 Å². The third-order valence-electron chi connectivity index (χ3n) is 3.73. The molecule has 92 valence electrons. The van der Waals surface area contributed by atoms with Crippen molar-refractivity contribution in [3.63, 3.8) is 0 Å². The van der Waals surface area contributed by atoms with Gasteiger partial charge in [-0.2, -0.15) is 0 Å². The molecular formula is C10H21Cl2O2P. The summed E-state index contributed by atoms with van der Waals surface area (Å²) in [5.74, 6) is -0.483. The van der Waals surface area contributed by atoms with Gasteiger partial charge < -0.3 is 0 Å². The first-order valence-corrected chi connectivity index (χ1v) is 9.18. The summed E-state index contributed by atoms with van der Waals surface area (Å²) in [4.78, 5) is 10.5. The normalized spacial score (nSPS) is 14.7. The molecule has 15 heavy (non-hydrogen) atoms. The minimum absolute atomic E-state index is 0.483. The number of carbonyl (C=O) groups is 1. The molecule has 0 aromatic heterocycles. The van der Waals surface area contributed by atoms with Crippen molar-refractivity contribution in [2.75, 3.05) is 24.6 Å². The van der Waals surface area contributed by atoms with Gasteiger partial charge in [0.1, 0.15) is 0 Å². The van der Waals surface area contributed by atoms with Gasteiger partial charge in [0.05, 0.1) is 0 Å². The predicted molar refractivity (Wildman–Crippen MR) is 70.7 cm³/mol. The van der Waals surface area contributed by atoms with Crippen LogP contribution in [0.3, 0.4) is 0 Å². The number of alkyl halides is 2. The summed E-state index contributed by atoms with van der Waals surface area (Å²) < 4.78 is 5.71. The monoisotopic (exact) mass is 274 g/mol. The fraction of sp³-hybridized carbons (Fsp3) is 0.900. The van der Waals surface area contributed by atoms with E-state index >= 15 is 0 Å². The Hall–Kier alpha value is 0.480. The molecule has 0 unspecified atom stereocenters. The molecule has 0 aliphatic carbocycles. The Morgan fingerprint density at radius 2 is 1.40 bits per heavy atom. The van der Waals surface area contributed by atoms with E-state index in [4.69, 9.17) is 27.7 Å². The zero-order chi connectivity index (χ0) is 12.1. The van der Waals surface area contributed by atoms with E-state index in [0.29, 0.717) is 0 Å². The fourth-order valence-corrected chi connectivity index (χ4v) is 5.92. The van der Waals surface area contributed by atoms with Gasteiger partial charge in [0.2, 0.25) is 0 Å². The van der Waals surface area contributed by atoms with Gasteiger partial charge in [0, 0.05) is 0 Å². The molecule has 5 heteroatoms. The number of carbonyl (C=O) groups excluding carboxylic acids is 1. The van der Waals surface area contributed by atoms with Crippen LogP contribution in [0.1, 0.15) is 27.7 Å². The molecule has 0 aromatic rings. The third-order valence-corrected chi connectivity index (χ3v) is 11.2. The molecule has 0 saturated heterocycles. The number of hydrogen-bond acceptors (Lipinski definition) is 2. The van der Waals surface area contributed by atoms with Gasteiger partial charge >= 0.3 is 102 Å². The molecule has 0 spiro atoms. The summed E-state index contributed by atoms with van der Waals surface area (Å²) in [6.07, 6.45) is 3.62. The Bertz CT molecular complexity index is 204. The van der Waals surface area contributed by atoms with Crippen LogP contribution in [-0.4, -0.2) is 35.5 Å². The number of hydrogen-bond donors (Lipinski definition) is 0. The maximum absolute atomic E-state index is 11.5. The molecule has 0 aliphatic rings. The molecule has 0 aromatic carbocycles. The van der Waals surface area contributed by atoms with Crippen LogP contribution in [0.4, 0.5) is 0 Å². The molecule has 2 nitrogen and oxygen atoms in total. The third kappa shape index (κ3) is 3.22. The summed E-state index contributed by atoms with van der Waals surface area (Å²) in [6, 6.07) is 0. The van der Waals surface area contributed by atoms with Gasteiger partial charge in [-0.1, -0.05) is 0 Å². The molecule has 0 amide bonds. The van der Waals surface area contributed by atoms with Crippen LogP contribution in [0.5, 0.6) is 0 Å². The average molecular weight is 275 g/mol. The van der Waals surface area contributed by atoms with Gasteiger partial charge in [-0.15, -0.1) is 0 Å². The second kappa shape index (κ2) is 5.70. The van der Waals surface area contributed by atoms with E-state index in [-0.39, 0.29) is 0 Å². The van der Waals surface area contributed by atoms with E-state index in [1.807, 2.05) is 0 Å². The fourth-order valence-electron chi connectivity index (χ4n) is 1.89. The molecular weight excluding hydrogens is 254 g/mol. The van der Waals surface area contributed by atoms with Crippen molar-refractivity contribution in [2.24, 2.45) is 0 Å². The maximum atomic E-state index is 11.5. The van der Waals surface area contributed by atoms with Crippen LogP contribution in [0.2, 0.25) is 0 Å². The summed E-state index contributed by atoms with van der Waals surface area (Å²) in [5.41, 5.74) is 0. The minimum atomic E-state index is -2.36. The van der Waals surface area contributed by atoms with Crippen LogP contribution in [0.15, 0.2) is 0 Å². The quantitative estimate of drug-likeness (QED) is 0.543. The molecule has 0 atom stereocenters. The SMILES string of the molecule is CCP(CC)(CC)(CC)OC(=O)C(Cl)Cl. The van der Waals surface area contributed by atoms with E-state index in [2.05, 4.69) is 27.7 Å². The molecule has 0 radical (unpaired) electrons. The topological polar surface area (TPSA) is 26.3 Å². The van der Waals surface area contributed by atoms with Crippen molar-refractivity contribution >= 4 is 36.0 Å². The van der Waals surface area contributed by atoms with E-state index < -0.39 is 17.6 Å². The van der Waals surface area contributed by atoms with Crippen molar-refractivity contribution in [3.8, 4) is 0 Å². The molecule has 0 rings (SSSR count). The zero-order valence-corrected chi connectivity index (χ0v) is 12.3. The van der Waals surface area contributed by atoms with Crippen LogP contribution in [0, 0.1) is 0 Å². The van der Waals surface area contributed by atoms with Crippen molar-refractivity contribution in [1.82, 2.24) is 0 Å².